The fraction of sp³-hybridized carbons (Fsp3) is 0.412. The lowest BCUT2D eigenvalue weighted by atomic mass is 10.1. The zero-order valence-electron chi connectivity index (χ0n) is 13.6. The lowest BCUT2D eigenvalue weighted by molar-refractivity contribution is 0.0501. The molecular formula is C17H23N3O2. The fourth-order valence-corrected chi connectivity index (χ4v) is 2.43. The number of nitrogens with zero attached hydrogens (tertiary/aromatic N) is 2. The average molecular weight is 301 g/mol. The van der Waals surface area contributed by atoms with Gasteiger partial charge in [0.1, 0.15) is 0 Å². The van der Waals surface area contributed by atoms with E-state index in [0.29, 0.717) is 12.2 Å². The molecule has 2 aromatic rings. The van der Waals surface area contributed by atoms with Gasteiger partial charge in [0.15, 0.2) is 0 Å². The molecule has 22 heavy (non-hydrogen) atoms. The normalized spacial score (nSPS) is 11.5. The number of rotatable bonds is 4. The number of amides is 2. The number of benzene rings is 1. The van der Waals surface area contributed by atoms with Crippen LogP contribution in [0.1, 0.15) is 26.3 Å². The maximum absolute atomic E-state index is 12.5. The highest BCUT2D eigenvalue weighted by Gasteiger charge is 2.21. The molecule has 0 saturated carbocycles. The number of pyridine rings is 1. The second-order valence-corrected chi connectivity index (χ2v) is 6.14. The number of hydrogen-bond acceptors (Lipinski definition) is 3. The predicted octanol–water partition coefficient (Wildman–Crippen LogP) is 3.17. The molecule has 1 aromatic carbocycles. The summed E-state index contributed by atoms with van der Waals surface area (Å²) in [7, 11) is 0. The first-order valence-corrected chi connectivity index (χ1v) is 7.44. The summed E-state index contributed by atoms with van der Waals surface area (Å²) < 4.78 is 0. The molecule has 2 amide bonds. The summed E-state index contributed by atoms with van der Waals surface area (Å²) in [4.78, 5) is 18.4. The van der Waals surface area contributed by atoms with Gasteiger partial charge in [0.2, 0.25) is 0 Å². The van der Waals surface area contributed by atoms with Crippen LogP contribution in [0, 0.1) is 6.92 Å². The van der Waals surface area contributed by atoms with Gasteiger partial charge < -0.3 is 15.3 Å². The molecule has 118 valence electrons. The van der Waals surface area contributed by atoms with E-state index in [4.69, 9.17) is 0 Å². The van der Waals surface area contributed by atoms with Crippen molar-refractivity contribution in [1.29, 1.82) is 0 Å². The molecule has 0 fully saturated rings. The summed E-state index contributed by atoms with van der Waals surface area (Å²) in [6.45, 7) is 8.03. The summed E-state index contributed by atoms with van der Waals surface area (Å²) in [5.74, 6) is 0. The number of nitrogens with one attached hydrogen (secondary N) is 1. The second kappa shape index (κ2) is 6.32. The van der Waals surface area contributed by atoms with Crippen LogP contribution in [-0.4, -0.2) is 39.7 Å². The minimum absolute atomic E-state index is 0.234. The molecule has 0 aliphatic rings. The molecule has 0 saturated heterocycles. The number of likely N-dealkylation sites (N-methyl/N-ethyl adjacent to an activating group) is 1. The van der Waals surface area contributed by atoms with Gasteiger partial charge in [-0.05, 0) is 51.5 Å². The number of fused-ring (bicyclic) bond motifs is 1. The SMILES string of the molecule is CCN(CC(C)(C)O)C(=O)Nc1cc(C)cc2cccnc12. The first-order chi connectivity index (χ1) is 10.3. The number of aliphatic hydroxyl groups is 1. The fourth-order valence-electron chi connectivity index (χ4n) is 2.43. The van der Waals surface area contributed by atoms with E-state index in [1.807, 2.05) is 38.1 Å². The van der Waals surface area contributed by atoms with Gasteiger partial charge in [-0.25, -0.2) is 4.79 Å². The van der Waals surface area contributed by atoms with Crippen molar-refractivity contribution in [2.75, 3.05) is 18.4 Å². The summed E-state index contributed by atoms with van der Waals surface area (Å²) in [5, 5.41) is 13.8. The molecule has 2 rings (SSSR count). The predicted molar refractivity (Wildman–Crippen MR) is 89.0 cm³/mol. The summed E-state index contributed by atoms with van der Waals surface area (Å²) in [6, 6.07) is 7.55. The topological polar surface area (TPSA) is 65.5 Å². The largest absolute Gasteiger partial charge is 0.389 e. The third kappa shape index (κ3) is 3.95. The van der Waals surface area contributed by atoms with Crippen LogP contribution in [0.15, 0.2) is 30.5 Å². The van der Waals surface area contributed by atoms with Gasteiger partial charge in [0.25, 0.3) is 0 Å². The van der Waals surface area contributed by atoms with Crippen molar-refractivity contribution in [3.05, 3.63) is 36.0 Å². The molecule has 1 aromatic heterocycles. The monoisotopic (exact) mass is 301 g/mol. The smallest absolute Gasteiger partial charge is 0.321 e. The molecule has 0 unspecified atom stereocenters. The van der Waals surface area contributed by atoms with Crippen LogP contribution in [0.5, 0.6) is 0 Å². The highest BCUT2D eigenvalue weighted by molar-refractivity contribution is 6.00. The number of carbonyl (C=O) groups excluding carboxylic acids is 1. The van der Waals surface area contributed by atoms with Crippen molar-refractivity contribution < 1.29 is 9.90 Å². The lowest BCUT2D eigenvalue weighted by Crippen LogP contribution is -2.44. The van der Waals surface area contributed by atoms with Crippen molar-refractivity contribution in [3.8, 4) is 0 Å². The van der Waals surface area contributed by atoms with Gasteiger partial charge in [0.05, 0.1) is 23.3 Å². The molecule has 0 atom stereocenters. The van der Waals surface area contributed by atoms with E-state index in [0.717, 1.165) is 16.5 Å². The van der Waals surface area contributed by atoms with Crippen LogP contribution >= 0.6 is 0 Å². The Labute approximate surface area is 131 Å². The zero-order chi connectivity index (χ0) is 16.3. The molecule has 0 radical (unpaired) electrons. The second-order valence-electron chi connectivity index (χ2n) is 6.14. The Morgan fingerprint density at radius 2 is 2.14 bits per heavy atom. The molecular weight excluding hydrogens is 278 g/mol. The van der Waals surface area contributed by atoms with Crippen LogP contribution in [0.2, 0.25) is 0 Å². The molecule has 0 bridgehead atoms. The molecule has 1 heterocycles. The molecule has 0 aliphatic heterocycles. The Morgan fingerprint density at radius 1 is 1.41 bits per heavy atom. The van der Waals surface area contributed by atoms with E-state index in [1.165, 1.54) is 0 Å². The Balaban J connectivity index is 2.28. The Hall–Kier alpha value is -2.14. The van der Waals surface area contributed by atoms with Gasteiger partial charge in [-0.3, -0.25) is 4.98 Å². The van der Waals surface area contributed by atoms with Gasteiger partial charge in [-0.1, -0.05) is 6.07 Å². The van der Waals surface area contributed by atoms with Crippen molar-refractivity contribution >= 4 is 22.6 Å². The highest BCUT2D eigenvalue weighted by Crippen LogP contribution is 2.23. The zero-order valence-corrected chi connectivity index (χ0v) is 13.6. The maximum Gasteiger partial charge on any atom is 0.321 e. The highest BCUT2D eigenvalue weighted by atomic mass is 16.3. The van der Waals surface area contributed by atoms with Gasteiger partial charge in [-0.15, -0.1) is 0 Å². The molecule has 0 aliphatic carbocycles. The number of hydrogen-bond donors (Lipinski definition) is 2. The van der Waals surface area contributed by atoms with E-state index >= 15 is 0 Å². The van der Waals surface area contributed by atoms with Crippen molar-refractivity contribution in [1.82, 2.24) is 9.88 Å². The van der Waals surface area contributed by atoms with Crippen LogP contribution in [-0.2, 0) is 0 Å². The minimum atomic E-state index is -0.930. The molecule has 2 N–H and O–H groups in total. The van der Waals surface area contributed by atoms with Crippen LogP contribution in [0.4, 0.5) is 10.5 Å². The van der Waals surface area contributed by atoms with Crippen molar-refractivity contribution in [2.45, 2.75) is 33.3 Å². The summed E-state index contributed by atoms with van der Waals surface area (Å²) >= 11 is 0. The summed E-state index contributed by atoms with van der Waals surface area (Å²) in [6.07, 6.45) is 1.71. The Bertz CT molecular complexity index is 677. The maximum atomic E-state index is 12.5. The minimum Gasteiger partial charge on any atom is -0.389 e. The number of aromatic nitrogens is 1. The van der Waals surface area contributed by atoms with E-state index in [-0.39, 0.29) is 12.6 Å². The van der Waals surface area contributed by atoms with E-state index in [9.17, 15) is 9.90 Å². The van der Waals surface area contributed by atoms with Gasteiger partial charge in [0, 0.05) is 18.1 Å². The van der Waals surface area contributed by atoms with E-state index < -0.39 is 5.60 Å². The van der Waals surface area contributed by atoms with Crippen LogP contribution in [0.3, 0.4) is 0 Å². The first-order valence-electron chi connectivity index (χ1n) is 7.44. The molecule has 5 nitrogen and oxygen atoms in total. The third-order valence-corrected chi connectivity index (χ3v) is 3.34. The number of aryl methyl sites for hydroxylation is 1. The average Bonchev–Trinajstić information content (AvgIpc) is 2.43. The quantitative estimate of drug-likeness (QED) is 0.911. The van der Waals surface area contributed by atoms with Gasteiger partial charge >= 0.3 is 6.03 Å². The van der Waals surface area contributed by atoms with E-state index in [1.54, 1.807) is 24.9 Å². The standard InChI is InChI=1S/C17H23N3O2/c1-5-20(11-17(3,4)22)16(21)19-14-10-12(2)9-13-7-6-8-18-15(13)14/h6-10,22H,5,11H2,1-4H3,(H,19,21). The molecule has 0 spiro atoms. The van der Waals surface area contributed by atoms with Crippen molar-refractivity contribution in [3.63, 3.8) is 0 Å². The van der Waals surface area contributed by atoms with E-state index in [2.05, 4.69) is 10.3 Å². The summed E-state index contributed by atoms with van der Waals surface area (Å²) in [5.41, 5.74) is 1.58. The van der Waals surface area contributed by atoms with Crippen LogP contribution < -0.4 is 5.32 Å². The third-order valence-electron chi connectivity index (χ3n) is 3.34. The van der Waals surface area contributed by atoms with Gasteiger partial charge in [-0.2, -0.15) is 0 Å². The number of urea groups is 1. The Kier molecular flexibility index (Phi) is 4.66. The first kappa shape index (κ1) is 16.2. The number of carbonyl (C=O) groups is 1. The van der Waals surface area contributed by atoms with Crippen molar-refractivity contribution in [2.24, 2.45) is 0 Å². The Morgan fingerprint density at radius 3 is 2.77 bits per heavy atom. The van der Waals surface area contributed by atoms with Crippen LogP contribution in [0.25, 0.3) is 10.9 Å². The molecule has 5 heteroatoms. The number of anilines is 1. The lowest BCUT2D eigenvalue weighted by Gasteiger charge is -2.28.